The van der Waals surface area contributed by atoms with Gasteiger partial charge in [-0.2, -0.15) is 0 Å². The van der Waals surface area contributed by atoms with Crippen LogP contribution >= 0.6 is 0 Å². The number of nitrogens with zero attached hydrogens (tertiary/aromatic N) is 2. The molecule has 1 N–H and O–H groups in total. The van der Waals surface area contributed by atoms with Crippen LogP contribution in [0.25, 0.3) is 0 Å². The first-order valence-electron chi connectivity index (χ1n) is 8.97. The predicted molar refractivity (Wildman–Crippen MR) is 95.0 cm³/mol. The SMILES string of the molecule is COc1cccc(C(=O)N2CCC(C(=O)N(C)[C@@H]3COC[C@H]3O)CC2)c1. The number of methoxy groups -OCH3 is 1. The maximum Gasteiger partial charge on any atom is 0.253 e. The number of likely N-dealkylation sites (tertiary alicyclic amines) is 1. The van der Waals surface area contributed by atoms with Gasteiger partial charge < -0.3 is 24.4 Å². The van der Waals surface area contributed by atoms with E-state index in [2.05, 4.69) is 0 Å². The Morgan fingerprint density at radius 1 is 1.27 bits per heavy atom. The zero-order valence-corrected chi connectivity index (χ0v) is 15.3. The van der Waals surface area contributed by atoms with Gasteiger partial charge in [0.1, 0.15) is 5.75 Å². The van der Waals surface area contributed by atoms with Crippen LogP contribution < -0.4 is 4.74 Å². The molecule has 7 nitrogen and oxygen atoms in total. The highest BCUT2D eigenvalue weighted by Crippen LogP contribution is 2.24. The smallest absolute Gasteiger partial charge is 0.253 e. The summed E-state index contributed by atoms with van der Waals surface area (Å²) in [7, 11) is 3.29. The highest BCUT2D eigenvalue weighted by atomic mass is 16.5. The third-order valence-electron chi connectivity index (χ3n) is 5.31. The summed E-state index contributed by atoms with van der Waals surface area (Å²) in [6.45, 7) is 1.74. The number of carbonyl (C=O) groups excluding carboxylic acids is 2. The van der Waals surface area contributed by atoms with Gasteiger partial charge in [-0.1, -0.05) is 6.07 Å². The van der Waals surface area contributed by atoms with Crippen molar-refractivity contribution < 1.29 is 24.2 Å². The minimum Gasteiger partial charge on any atom is -0.497 e. The van der Waals surface area contributed by atoms with E-state index in [1.807, 2.05) is 0 Å². The maximum absolute atomic E-state index is 12.7. The summed E-state index contributed by atoms with van der Waals surface area (Å²) >= 11 is 0. The Morgan fingerprint density at radius 2 is 2.00 bits per heavy atom. The van der Waals surface area contributed by atoms with Crippen LogP contribution in [0.2, 0.25) is 0 Å². The fourth-order valence-corrected chi connectivity index (χ4v) is 3.62. The van der Waals surface area contributed by atoms with Crippen molar-refractivity contribution in [3.8, 4) is 5.75 Å². The molecule has 26 heavy (non-hydrogen) atoms. The first-order chi connectivity index (χ1) is 12.5. The van der Waals surface area contributed by atoms with Gasteiger partial charge in [0.25, 0.3) is 5.91 Å². The number of rotatable bonds is 4. The number of benzene rings is 1. The molecular weight excluding hydrogens is 336 g/mol. The van der Waals surface area contributed by atoms with Crippen LogP contribution in [-0.4, -0.2) is 79.3 Å². The quantitative estimate of drug-likeness (QED) is 0.856. The van der Waals surface area contributed by atoms with Crippen molar-refractivity contribution in [1.82, 2.24) is 9.80 Å². The second kappa shape index (κ2) is 8.05. The molecular formula is C19H26N2O5. The van der Waals surface area contributed by atoms with Crippen LogP contribution in [0.15, 0.2) is 24.3 Å². The van der Waals surface area contributed by atoms with Crippen molar-refractivity contribution in [2.45, 2.75) is 25.0 Å². The lowest BCUT2D eigenvalue weighted by Gasteiger charge is -2.35. The average molecular weight is 362 g/mol. The molecule has 0 aliphatic carbocycles. The van der Waals surface area contributed by atoms with Gasteiger partial charge in [0.15, 0.2) is 0 Å². The van der Waals surface area contributed by atoms with E-state index in [0.29, 0.717) is 43.9 Å². The monoisotopic (exact) mass is 362 g/mol. The van der Waals surface area contributed by atoms with Crippen molar-refractivity contribution in [2.24, 2.45) is 5.92 Å². The standard InChI is InChI=1S/C19H26N2O5/c1-20(16-11-26-12-17(16)22)18(23)13-6-8-21(9-7-13)19(24)14-4-3-5-15(10-14)25-2/h3-5,10,13,16-17,22H,6-9,11-12H2,1-2H3/t16-,17-/m1/s1. The van der Waals surface area contributed by atoms with Gasteiger partial charge in [0, 0.05) is 31.6 Å². The Hall–Kier alpha value is -2.12. The van der Waals surface area contributed by atoms with Crippen molar-refractivity contribution >= 4 is 11.8 Å². The second-order valence-corrected chi connectivity index (χ2v) is 6.92. The number of hydrogen-bond donors (Lipinski definition) is 1. The highest BCUT2D eigenvalue weighted by Gasteiger charge is 2.36. The number of ether oxygens (including phenoxy) is 2. The van der Waals surface area contributed by atoms with Crippen LogP contribution in [0.4, 0.5) is 0 Å². The van der Waals surface area contributed by atoms with E-state index in [4.69, 9.17) is 9.47 Å². The molecule has 0 spiro atoms. The van der Waals surface area contributed by atoms with E-state index in [0.717, 1.165) is 0 Å². The number of piperidine rings is 1. The highest BCUT2D eigenvalue weighted by molar-refractivity contribution is 5.94. The van der Waals surface area contributed by atoms with Crippen LogP contribution in [0, 0.1) is 5.92 Å². The summed E-state index contributed by atoms with van der Waals surface area (Å²) in [6.07, 6.45) is 0.629. The van der Waals surface area contributed by atoms with E-state index in [9.17, 15) is 14.7 Å². The largest absolute Gasteiger partial charge is 0.497 e. The van der Waals surface area contributed by atoms with Gasteiger partial charge in [-0.05, 0) is 31.0 Å². The van der Waals surface area contributed by atoms with Gasteiger partial charge in [-0.15, -0.1) is 0 Å². The van der Waals surface area contributed by atoms with Gasteiger partial charge in [-0.25, -0.2) is 0 Å². The lowest BCUT2D eigenvalue weighted by atomic mass is 9.94. The molecule has 2 saturated heterocycles. The molecule has 0 aromatic heterocycles. The van der Waals surface area contributed by atoms with Crippen molar-refractivity contribution in [2.75, 3.05) is 40.5 Å². The topological polar surface area (TPSA) is 79.3 Å². The van der Waals surface area contributed by atoms with Crippen LogP contribution in [0.1, 0.15) is 23.2 Å². The van der Waals surface area contributed by atoms with Crippen LogP contribution in [0.3, 0.4) is 0 Å². The minimum absolute atomic E-state index is 0.0213. The molecule has 0 saturated carbocycles. The second-order valence-electron chi connectivity index (χ2n) is 6.92. The lowest BCUT2D eigenvalue weighted by Crippen LogP contribution is -2.49. The Kier molecular flexibility index (Phi) is 5.78. The molecule has 142 valence electrons. The molecule has 1 aromatic rings. The molecule has 2 aliphatic rings. The maximum atomic E-state index is 12.7. The Labute approximate surface area is 153 Å². The summed E-state index contributed by atoms with van der Waals surface area (Å²) in [5, 5.41) is 9.91. The van der Waals surface area contributed by atoms with Crippen molar-refractivity contribution in [1.29, 1.82) is 0 Å². The van der Waals surface area contributed by atoms with Gasteiger partial charge in [-0.3, -0.25) is 9.59 Å². The number of carbonyl (C=O) groups is 2. The number of likely N-dealkylation sites (N-methyl/N-ethyl adjacent to an activating group) is 1. The Morgan fingerprint density at radius 3 is 2.62 bits per heavy atom. The third kappa shape index (κ3) is 3.83. The first-order valence-corrected chi connectivity index (χ1v) is 8.97. The summed E-state index contributed by atoms with van der Waals surface area (Å²) < 4.78 is 10.4. The van der Waals surface area contributed by atoms with Gasteiger partial charge >= 0.3 is 0 Å². The van der Waals surface area contributed by atoms with Gasteiger partial charge in [0.05, 0.1) is 32.5 Å². The van der Waals surface area contributed by atoms with Crippen LogP contribution in [0.5, 0.6) is 5.75 Å². The molecule has 7 heteroatoms. The zero-order chi connectivity index (χ0) is 18.7. The summed E-state index contributed by atoms with van der Waals surface area (Å²) in [4.78, 5) is 28.8. The summed E-state index contributed by atoms with van der Waals surface area (Å²) in [5.41, 5.74) is 0.595. The number of aliphatic hydroxyl groups is 1. The lowest BCUT2D eigenvalue weighted by molar-refractivity contribution is -0.139. The van der Waals surface area contributed by atoms with E-state index in [1.54, 1.807) is 48.2 Å². The molecule has 2 atom stereocenters. The molecule has 0 bridgehead atoms. The molecule has 2 fully saturated rings. The summed E-state index contributed by atoms with van der Waals surface area (Å²) in [6, 6.07) is 6.83. The molecule has 0 radical (unpaired) electrons. The van der Waals surface area contributed by atoms with Crippen molar-refractivity contribution in [3.63, 3.8) is 0 Å². The fraction of sp³-hybridized carbons (Fsp3) is 0.579. The minimum atomic E-state index is -0.626. The van der Waals surface area contributed by atoms with E-state index >= 15 is 0 Å². The first kappa shape index (κ1) is 18.7. The molecule has 1 aromatic carbocycles. The molecule has 2 amide bonds. The third-order valence-corrected chi connectivity index (χ3v) is 5.31. The zero-order valence-electron chi connectivity index (χ0n) is 15.3. The van der Waals surface area contributed by atoms with Crippen molar-refractivity contribution in [3.05, 3.63) is 29.8 Å². The normalized spacial score (nSPS) is 23.7. The predicted octanol–water partition coefficient (Wildman–Crippen LogP) is 0.765. The Bertz CT molecular complexity index is 657. The van der Waals surface area contributed by atoms with Crippen LogP contribution in [-0.2, 0) is 9.53 Å². The van der Waals surface area contributed by atoms with E-state index < -0.39 is 6.10 Å². The number of amides is 2. The average Bonchev–Trinajstić information content (AvgIpc) is 3.12. The molecule has 3 rings (SSSR count). The molecule has 0 unspecified atom stereocenters. The van der Waals surface area contributed by atoms with E-state index in [-0.39, 0.29) is 30.4 Å². The van der Waals surface area contributed by atoms with Gasteiger partial charge in [0.2, 0.25) is 5.91 Å². The van der Waals surface area contributed by atoms with E-state index in [1.165, 1.54) is 0 Å². The number of aliphatic hydroxyl groups excluding tert-OH is 1. The summed E-state index contributed by atoms with van der Waals surface area (Å²) in [5.74, 6) is 0.512. The fourth-order valence-electron chi connectivity index (χ4n) is 3.62. The molecule has 2 aliphatic heterocycles. The Balaban J connectivity index is 1.56. The number of hydrogen-bond acceptors (Lipinski definition) is 5. The molecule has 2 heterocycles.